The van der Waals surface area contributed by atoms with E-state index in [0.717, 1.165) is 51.9 Å². The van der Waals surface area contributed by atoms with Crippen molar-refractivity contribution in [2.24, 2.45) is 10.9 Å². The highest BCUT2D eigenvalue weighted by Crippen LogP contribution is 2.36. The average molecular weight is 441 g/mol. The molecule has 2 aliphatic heterocycles. The zero-order valence-corrected chi connectivity index (χ0v) is 20.1. The zero-order valence-electron chi connectivity index (χ0n) is 19.2. The van der Waals surface area contributed by atoms with E-state index >= 15 is 0 Å². The maximum absolute atomic E-state index is 12.5. The summed E-state index contributed by atoms with van der Waals surface area (Å²) in [5.41, 5.74) is 2.83. The Morgan fingerprint density at radius 1 is 1.45 bits per heavy atom. The van der Waals surface area contributed by atoms with E-state index in [-0.39, 0.29) is 5.91 Å². The predicted octanol–water partition coefficient (Wildman–Crippen LogP) is 6.07. The van der Waals surface area contributed by atoms with Crippen molar-refractivity contribution in [3.05, 3.63) is 40.9 Å². The van der Waals surface area contributed by atoms with E-state index in [9.17, 15) is 10.1 Å². The molecule has 1 aromatic rings. The summed E-state index contributed by atoms with van der Waals surface area (Å²) >= 11 is 1.58. The average Bonchev–Trinajstić information content (AvgIpc) is 3.16. The molecule has 0 aromatic carbocycles. The first kappa shape index (κ1) is 24.9. The normalized spacial score (nSPS) is 15.7. The number of nitriles is 1. The Hall–Kier alpha value is -2.39. The quantitative estimate of drug-likeness (QED) is 0.499. The van der Waals surface area contributed by atoms with Gasteiger partial charge < -0.3 is 10.2 Å². The molecule has 5 nitrogen and oxygen atoms in total. The lowest BCUT2D eigenvalue weighted by atomic mass is 10.0. The Labute approximate surface area is 191 Å². The van der Waals surface area contributed by atoms with Crippen LogP contribution in [0.1, 0.15) is 74.8 Å². The van der Waals surface area contributed by atoms with Crippen molar-refractivity contribution < 1.29 is 4.79 Å². The summed E-state index contributed by atoms with van der Waals surface area (Å²) in [4.78, 5) is 19.8. The van der Waals surface area contributed by atoms with Crippen LogP contribution < -0.4 is 5.32 Å². The molecule has 6 heteroatoms. The first-order valence-electron chi connectivity index (χ1n) is 11.4. The van der Waals surface area contributed by atoms with E-state index in [1.165, 1.54) is 25.7 Å². The van der Waals surface area contributed by atoms with Crippen LogP contribution in [0.3, 0.4) is 0 Å². The Morgan fingerprint density at radius 2 is 2.26 bits per heavy atom. The van der Waals surface area contributed by atoms with Crippen molar-refractivity contribution in [1.29, 1.82) is 5.26 Å². The molecular weight excluding hydrogens is 404 g/mol. The van der Waals surface area contributed by atoms with Crippen LogP contribution in [0.25, 0.3) is 0 Å². The molecule has 2 aliphatic rings. The van der Waals surface area contributed by atoms with Crippen LogP contribution in [0, 0.1) is 17.2 Å². The second kappa shape index (κ2) is 13.1. The second-order valence-electron chi connectivity index (χ2n) is 8.19. The first-order valence-corrected chi connectivity index (χ1v) is 12.2. The highest BCUT2D eigenvalue weighted by atomic mass is 32.1. The molecule has 0 saturated heterocycles. The standard InChI is InChI=1S/C16H18N4OS.C9H18/c1-18-16-13(9-17)12-5-7-20(10-14(12)22-16)15(21)8-11-4-2-3-6-19-11;1-4-6-8-9(3)7-5-2/h3,6,18H,2,4-5,7-8,10H2,1H3;4,9H,1,5-8H2,2-3H3. The number of thiophene rings is 1. The van der Waals surface area contributed by atoms with E-state index in [1.807, 2.05) is 24.1 Å². The van der Waals surface area contributed by atoms with Gasteiger partial charge in [0.05, 0.1) is 18.5 Å². The molecule has 0 bridgehead atoms. The highest BCUT2D eigenvalue weighted by molar-refractivity contribution is 7.16. The van der Waals surface area contributed by atoms with Gasteiger partial charge in [-0.25, -0.2) is 0 Å². The van der Waals surface area contributed by atoms with Crippen LogP contribution in [0.15, 0.2) is 29.9 Å². The molecular formula is C25H36N4OS. The summed E-state index contributed by atoms with van der Waals surface area (Å²) in [6.45, 7) is 9.54. The number of carbonyl (C=O) groups excluding carboxylic acids is 1. The Kier molecular flexibility index (Phi) is 10.5. The Morgan fingerprint density at radius 3 is 2.87 bits per heavy atom. The van der Waals surface area contributed by atoms with Crippen molar-refractivity contribution in [2.45, 2.75) is 71.8 Å². The number of hydrogen-bond donors (Lipinski definition) is 1. The number of allylic oxidation sites excluding steroid dienone is 2. The molecule has 1 atom stereocenters. The first-order chi connectivity index (χ1) is 15.0. The van der Waals surface area contributed by atoms with Gasteiger partial charge >= 0.3 is 0 Å². The van der Waals surface area contributed by atoms with Gasteiger partial charge in [-0.05, 0) is 43.6 Å². The van der Waals surface area contributed by atoms with Crippen LogP contribution in [-0.4, -0.2) is 30.1 Å². The maximum Gasteiger partial charge on any atom is 0.228 e. The number of hydrogen-bond acceptors (Lipinski definition) is 5. The molecule has 3 rings (SSSR count). The van der Waals surface area contributed by atoms with E-state index < -0.39 is 0 Å². The maximum atomic E-state index is 12.5. The fraction of sp³-hybridized carbons (Fsp3) is 0.560. The van der Waals surface area contributed by atoms with E-state index in [2.05, 4.69) is 36.8 Å². The van der Waals surface area contributed by atoms with E-state index in [0.29, 0.717) is 19.5 Å². The van der Waals surface area contributed by atoms with Crippen molar-refractivity contribution in [3.63, 3.8) is 0 Å². The minimum atomic E-state index is 0.137. The van der Waals surface area contributed by atoms with Crippen molar-refractivity contribution >= 4 is 28.0 Å². The molecule has 31 heavy (non-hydrogen) atoms. The second-order valence-corrected chi connectivity index (χ2v) is 9.30. The van der Waals surface area contributed by atoms with E-state index in [1.54, 1.807) is 17.5 Å². The van der Waals surface area contributed by atoms with E-state index in [4.69, 9.17) is 0 Å². The summed E-state index contributed by atoms with van der Waals surface area (Å²) in [7, 11) is 1.83. The molecule has 0 fully saturated rings. The molecule has 0 radical (unpaired) electrons. The number of rotatable bonds is 8. The van der Waals surface area contributed by atoms with Gasteiger partial charge in [-0.15, -0.1) is 17.9 Å². The van der Waals surface area contributed by atoms with Crippen LogP contribution in [0.5, 0.6) is 0 Å². The van der Waals surface area contributed by atoms with Crippen molar-refractivity contribution in [2.75, 3.05) is 18.9 Å². The number of nitrogens with one attached hydrogen (secondary N) is 1. The third kappa shape index (κ3) is 7.36. The summed E-state index contributed by atoms with van der Waals surface area (Å²) in [6, 6.07) is 2.28. The molecule has 1 unspecified atom stereocenters. The number of carbonyl (C=O) groups is 1. The topological polar surface area (TPSA) is 68.5 Å². The van der Waals surface area contributed by atoms with Gasteiger partial charge in [0.1, 0.15) is 11.1 Å². The minimum absolute atomic E-state index is 0.137. The Balaban J connectivity index is 0.000000323. The van der Waals surface area contributed by atoms with Gasteiger partial charge in [0.15, 0.2) is 0 Å². The fourth-order valence-corrected chi connectivity index (χ4v) is 5.08. The molecule has 0 spiro atoms. The molecule has 3 heterocycles. The number of nitrogens with zero attached hydrogens (tertiary/aromatic N) is 3. The smallest absolute Gasteiger partial charge is 0.228 e. The number of anilines is 1. The van der Waals surface area contributed by atoms with Gasteiger partial charge in [0.2, 0.25) is 5.91 Å². The molecule has 1 N–H and O–H groups in total. The zero-order chi connectivity index (χ0) is 22.6. The monoisotopic (exact) mass is 440 g/mol. The summed E-state index contributed by atoms with van der Waals surface area (Å²) in [5, 5.41) is 13.3. The van der Waals surface area contributed by atoms with Gasteiger partial charge in [-0.3, -0.25) is 9.79 Å². The van der Waals surface area contributed by atoms with Gasteiger partial charge in [-0.1, -0.05) is 38.8 Å². The molecule has 0 saturated carbocycles. The van der Waals surface area contributed by atoms with Gasteiger partial charge in [0, 0.05) is 30.4 Å². The number of amides is 1. The van der Waals surface area contributed by atoms with Crippen LogP contribution in [0.4, 0.5) is 5.00 Å². The summed E-state index contributed by atoms with van der Waals surface area (Å²) in [5.74, 6) is 1.03. The molecule has 0 aliphatic carbocycles. The minimum Gasteiger partial charge on any atom is -0.379 e. The predicted molar refractivity (Wildman–Crippen MR) is 132 cm³/mol. The van der Waals surface area contributed by atoms with Crippen LogP contribution in [0.2, 0.25) is 0 Å². The highest BCUT2D eigenvalue weighted by Gasteiger charge is 2.27. The van der Waals surface area contributed by atoms with Gasteiger partial charge in [0.25, 0.3) is 0 Å². The lowest BCUT2D eigenvalue weighted by Crippen LogP contribution is -2.36. The van der Waals surface area contributed by atoms with Crippen molar-refractivity contribution in [1.82, 2.24) is 4.90 Å². The molecule has 1 amide bonds. The summed E-state index contributed by atoms with van der Waals surface area (Å²) < 4.78 is 0. The lowest BCUT2D eigenvalue weighted by Gasteiger charge is -2.27. The number of fused-ring (bicyclic) bond motifs is 1. The van der Waals surface area contributed by atoms with Crippen LogP contribution in [-0.2, 0) is 17.8 Å². The molecule has 1 aromatic heterocycles. The largest absolute Gasteiger partial charge is 0.379 e. The SMILES string of the molecule is C=CCCC(C)CCC.CNc1sc2c(c1C#N)CCN(C(=O)CC1=NC=CCC1)C2. The third-order valence-corrected chi connectivity index (χ3v) is 6.95. The Bertz CT molecular complexity index is 846. The lowest BCUT2D eigenvalue weighted by molar-refractivity contribution is -0.130. The number of aliphatic imine (C=N–C) groups is 1. The molecule has 168 valence electrons. The fourth-order valence-electron chi connectivity index (χ4n) is 3.92. The third-order valence-electron chi connectivity index (χ3n) is 5.71. The van der Waals surface area contributed by atoms with Crippen LogP contribution >= 0.6 is 11.3 Å². The summed E-state index contributed by atoms with van der Waals surface area (Å²) in [6.07, 6.45) is 14.0. The van der Waals surface area contributed by atoms with Gasteiger partial charge in [-0.2, -0.15) is 5.26 Å². The van der Waals surface area contributed by atoms with Crippen molar-refractivity contribution in [3.8, 4) is 6.07 Å².